The molecule has 0 radical (unpaired) electrons. The maximum Gasteiger partial charge on any atom is 0.312 e. The monoisotopic (exact) mass is 241 g/mol. The normalized spacial score (nSPS) is 26.0. The topological polar surface area (TPSA) is 29.5 Å². The third-order valence-corrected chi connectivity index (χ3v) is 4.02. The van der Waals surface area contributed by atoms with Gasteiger partial charge in [-0.15, -0.1) is 0 Å². The highest BCUT2D eigenvalue weighted by atomic mass is 16.5. The van der Waals surface area contributed by atoms with Gasteiger partial charge in [0.25, 0.3) is 0 Å². The van der Waals surface area contributed by atoms with Gasteiger partial charge in [-0.2, -0.15) is 0 Å². The molecule has 2 unspecified atom stereocenters. The molecule has 0 amide bonds. The number of nitrogens with zero attached hydrogens (tertiary/aromatic N) is 1. The number of rotatable bonds is 4. The average molecular weight is 241 g/mol. The third kappa shape index (κ3) is 3.70. The first-order valence-corrected chi connectivity index (χ1v) is 6.67. The second kappa shape index (κ2) is 5.85. The SMILES string of the molecule is COC(=O)C(C)(C)CN(C)C1CCCCC1C. The van der Waals surface area contributed by atoms with Crippen LogP contribution in [0.5, 0.6) is 0 Å². The summed E-state index contributed by atoms with van der Waals surface area (Å²) in [6.07, 6.45) is 5.24. The Bertz CT molecular complexity index is 263. The minimum Gasteiger partial charge on any atom is -0.469 e. The van der Waals surface area contributed by atoms with Crippen LogP contribution in [0.25, 0.3) is 0 Å². The molecule has 1 aliphatic carbocycles. The third-order valence-electron chi connectivity index (χ3n) is 4.02. The molecule has 0 aromatic heterocycles. The van der Waals surface area contributed by atoms with Crippen molar-refractivity contribution in [3.05, 3.63) is 0 Å². The van der Waals surface area contributed by atoms with Crippen molar-refractivity contribution in [2.75, 3.05) is 20.7 Å². The van der Waals surface area contributed by atoms with Gasteiger partial charge in [-0.05, 0) is 39.7 Å². The summed E-state index contributed by atoms with van der Waals surface area (Å²) in [4.78, 5) is 14.0. The summed E-state index contributed by atoms with van der Waals surface area (Å²) < 4.78 is 4.86. The molecule has 2 atom stereocenters. The molecule has 0 bridgehead atoms. The lowest BCUT2D eigenvalue weighted by Crippen LogP contribution is -2.46. The van der Waals surface area contributed by atoms with Crippen molar-refractivity contribution in [3.63, 3.8) is 0 Å². The van der Waals surface area contributed by atoms with E-state index in [4.69, 9.17) is 4.74 Å². The van der Waals surface area contributed by atoms with Gasteiger partial charge in [-0.1, -0.05) is 19.8 Å². The number of carbonyl (C=O) groups is 1. The summed E-state index contributed by atoms with van der Waals surface area (Å²) in [6.45, 7) is 7.02. The highest BCUT2D eigenvalue weighted by Crippen LogP contribution is 2.29. The zero-order chi connectivity index (χ0) is 13.1. The Morgan fingerprint density at radius 1 is 1.35 bits per heavy atom. The van der Waals surface area contributed by atoms with E-state index in [-0.39, 0.29) is 5.97 Å². The van der Waals surface area contributed by atoms with Crippen molar-refractivity contribution < 1.29 is 9.53 Å². The molecule has 17 heavy (non-hydrogen) atoms. The van der Waals surface area contributed by atoms with Crippen LogP contribution < -0.4 is 0 Å². The van der Waals surface area contributed by atoms with Crippen LogP contribution in [0, 0.1) is 11.3 Å². The summed E-state index contributed by atoms with van der Waals surface area (Å²) >= 11 is 0. The number of hydrogen-bond acceptors (Lipinski definition) is 3. The van der Waals surface area contributed by atoms with E-state index in [9.17, 15) is 4.79 Å². The number of esters is 1. The number of methoxy groups -OCH3 is 1. The van der Waals surface area contributed by atoms with E-state index < -0.39 is 5.41 Å². The maximum absolute atomic E-state index is 11.7. The summed E-state index contributed by atoms with van der Waals surface area (Å²) in [5, 5.41) is 0. The molecule has 0 N–H and O–H groups in total. The molecular formula is C14H27NO2. The Kier molecular flexibility index (Phi) is 4.99. The van der Waals surface area contributed by atoms with Crippen LogP contribution >= 0.6 is 0 Å². The largest absolute Gasteiger partial charge is 0.469 e. The minimum absolute atomic E-state index is 0.118. The smallest absolute Gasteiger partial charge is 0.312 e. The van der Waals surface area contributed by atoms with Gasteiger partial charge in [0.15, 0.2) is 0 Å². The van der Waals surface area contributed by atoms with Gasteiger partial charge in [-0.3, -0.25) is 4.79 Å². The van der Waals surface area contributed by atoms with E-state index in [1.807, 2.05) is 13.8 Å². The van der Waals surface area contributed by atoms with Crippen LogP contribution in [0.15, 0.2) is 0 Å². The quantitative estimate of drug-likeness (QED) is 0.709. The van der Waals surface area contributed by atoms with Crippen molar-refractivity contribution >= 4 is 5.97 Å². The van der Waals surface area contributed by atoms with Crippen molar-refractivity contribution in [2.24, 2.45) is 11.3 Å². The number of hydrogen-bond donors (Lipinski definition) is 0. The lowest BCUT2D eigenvalue weighted by Gasteiger charge is -2.39. The van der Waals surface area contributed by atoms with Crippen molar-refractivity contribution in [2.45, 2.75) is 52.5 Å². The summed E-state index contributed by atoms with van der Waals surface area (Å²) in [7, 11) is 3.60. The predicted octanol–water partition coefficient (Wildman–Crippen LogP) is 2.70. The second-order valence-electron chi connectivity index (χ2n) is 6.12. The fraction of sp³-hybridized carbons (Fsp3) is 0.929. The maximum atomic E-state index is 11.7. The van der Waals surface area contributed by atoms with Gasteiger partial charge < -0.3 is 9.64 Å². The van der Waals surface area contributed by atoms with Crippen LogP contribution in [0.1, 0.15) is 46.5 Å². The van der Waals surface area contributed by atoms with Crippen LogP contribution in [-0.4, -0.2) is 37.6 Å². The van der Waals surface area contributed by atoms with E-state index in [1.54, 1.807) is 0 Å². The Hall–Kier alpha value is -0.570. The summed E-state index contributed by atoms with van der Waals surface area (Å²) in [6, 6.07) is 0.618. The first-order chi connectivity index (χ1) is 7.88. The Labute approximate surface area is 106 Å². The number of carbonyl (C=O) groups excluding carboxylic acids is 1. The lowest BCUT2D eigenvalue weighted by atomic mass is 9.83. The Morgan fingerprint density at radius 3 is 2.47 bits per heavy atom. The molecule has 100 valence electrons. The van der Waals surface area contributed by atoms with Gasteiger partial charge in [-0.25, -0.2) is 0 Å². The molecule has 0 aromatic rings. The predicted molar refractivity (Wildman–Crippen MR) is 69.8 cm³/mol. The van der Waals surface area contributed by atoms with Gasteiger partial charge in [0.2, 0.25) is 0 Å². The first-order valence-electron chi connectivity index (χ1n) is 6.67. The molecule has 0 spiro atoms. The van der Waals surface area contributed by atoms with E-state index in [0.29, 0.717) is 6.04 Å². The van der Waals surface area contributed by atoms with E-state index in [2.05, 4.69) is 18.9 Å². The molecule has 0 aromatic carbocycles. The van der Waals surface area contributed by atoms with Gasteiger partial charge >= 0.3 is 5.97 Å². The standard InChI is InChI=1S/C14H27NO2/c1-11-8-6-7-9-12(11)15(4)10-14(2,3)13(16)17-5/h11-12H,6-10H2,1-5H3. The van der Waals surface area contributed by atoms with Gasteiger partial charge in [0.05, 0.1) is 12.5 Å². The zero-order valence-corrected chi connectivity index (χ0v) is 12.0. The van der Waals surface area contributed by atoms with Crippen LogP contribution in [0.2, 0.25) is 0 Å². The molecule has 0 saturated heterocycles. The Balaban J connectivity index is 2.58. The van der Waals surface area contributed by atoms with E-state index in [0.717, 1.165) is 12.5 Å². The van der Waals surface area contributed by atoms with Crippen LogP contribution in [0.3, 0.4) is 0 Å². The summed E-state index contributed by atoms with van der Waals surface area (Å²) in [5.41, 5.74) is -0.416. The molecule has 0 aliphatic heterocycles. The van der Waals surface area contributed by atoms with Crippen LogP contribution in [-0.2, 0) is 9.53 Å². The minimum atomic E-state index is -0.416. The Morgan fingerprint density at radius 2 is 1.94 bits per heavy atom. The first kappa shape index (κ1) is 14.5. The van der Waals surface area contributed by atoms with Crippen LogP contribution in [0.4, 0.5) is 0 Å². The van der Waals surface area contributed by atoms with Crippen molar-refractivity contribution in [1.29, 1.82) is 0 Å². The lowest BCUT2D eigenvalue weighted by molar-refractivity contribution is -0.152. The van der Waals surface area contributed by atoms with Gasteiger partial charge in [0.1, 0.15) is 0 Å². The fourth-order valence-electron chi connectivity index (χ4n) is 3.03. The summed E-state index contributed by atoms with van der Waals surface area (Å²) in [5.74, 6) is 0.620. The molecule has 1 fully saturated rings. The molecule has 3 heteroatoms. The van der Waals surface area contributed by atoms with E-state index >= 15 is 0 Å². The molecule has 1 rings (SSSR count). The average Bonchev–Trinajstić information content (AvgIpc) is 2.27. The zero-order valence-electron chi connectivity index (χ0n) is 12.0. The number of ether oxygens (including phenoxy) is 1. The van der Waals surface area contributed by atoms with Crippen molar-refractivity contribution in [1.82, 2.24) is 4.90 Å². The van der Waals surface area contributed by atoms with Gasteiger partial charge in [0, 0.05) is 12.6 Å². The fourth-order valence-corrected chi connectivity index (χ4v) is 3.03. The second-order valence-corrected chi connectivity index (χ2v) is 6.12. The molecule has 1 saturated carbocycles. The molecule has 0 heterocycles. The van der Waals surface area contributed by atoms with E-state index in [1.165, 1.54) is 32.8 Å². The molecular weight excluding hydrogens is 214 g/mol. The van der Waals surface area contributed by atoms with Crippen molar-refractivity contribution in [3.8, 4) is 0 Å². The highest BCUT2D eigenvalue weighted by Gasteiger charge is 2.34. The highest BCUT2D eigenvalue weighted by molar-refractivity contribution is 5.76. The molecule has 1 aliphatic rings. The molecule has 3 nitrogen and oxygen atoms in total.